The van der Waals surface area contributed by atoms with Crippen LogP contribution < -0.4 is 10.7 Å². The molecule has 25 heavy (non-hydrogen) atoms. The highest BCUT2D eigenvalue weighted by molar-refractivity contribution is 5.89. The topological polar surface area (TPSA) is 69.3 Å². The lowest BCUT2D eigenvalue weighted by molar-refractivity contribution is -0.123. The van der Waals surface area contributed by atoms with Gasteiger partial charge in [0.2, 0.25) is 0 Å². The lowest BCUT2D eigenvalue weighted by atomic mass is 9.94. The van der Waals surface area contributed by atoms with Gasteiger partial charge >= 0.3 is 0 Å². The van der Waals surface area contributed by atoms with E-state index in [1.807, 2.05) is 42.5 Å². The Morgan fingerprint density at radius 2 is 1.92 bits per heavy atom. The van der Waals surface area contributed by atoms with Crippen molar-refractivity contribution in [2.45, 2.75) is 25.4 Å². The van der Waals surface area contributed by atoms with Crippen molar-refractivity contribution in [3.05, 3.63) is 71.4 Å². The van der Waals surface area contributed by atoms with Crippen molar-refractivity contribution in [3.63, 3.8) is 0 Å². The SMILES string of the molecule is C[C@@H]1NC(C(=O)N/N=C/c2ccccc2)Cc2c1[nH]c1ccccc21. The Kier molecular flexibility index (Phi) is 4.07. The maximum absolute atomic E-state index is 12.5. The first-order valence-corrected chi connectivity index (χ1v) is 8.46. The van der Waals surface area contributed by atoms with Gasteiger partial charge in [0.05, 0.1) is 12.3 Å². The minimum absolute atomic E-state index is 0.0880. The normalized spacial score (nSPS) is 19.9. The number of hydrogen-bond donors (Lipinski definition) is 3. The van der Waals surface area contributed by atoms with Crippen LogP contribution in [0.3, 0.4) is 0 Å². The predicted molar refractivity (Wildman–Crippen MR) is 99.5 cm³/mol. The molecule has 0 saturated heterocycles. The summed E-state index contributed by atoms with van der Waals surface area (Å²) >= 11 is 0. The second-order valence-electron chi connectivity index (χ2n) is 6.35. The number of nitrogens with zero attached hydrogens (tertiary/aromatic N) is 1. The highest BCUT2D eigenvalue weighted by Gasteiger charge is 2.30. The fourth-order valence-corrected chi connectivity index (χ4v) is 3.41. The van der Waals surface area contributed by atoms with Gasteiger partial charge in [0.1, 0.15) is 0 Å². The molecule has 0 fully saturated rings. The number of carbonyl (C=O) groups is 1. The number of hydrogen-bond acceptors (Lipinski definition) is 3. The van der Waals surface area contributed by atoms with Crippen LogP contribution in [0.5, 0.6) is 0 Å². The molecule has 1 aliphatic rings. The molecule has 3 N–H and O–H groups in total. The van der Waals surface area contributed by atoms with Crippen LogP contribution in [-0.2, 0) is 11.2 Å². The molecule has 0 saturated carbocycles. The molecule has 1 aromatic heterocycles. The van der Waals surface area contributed by atoms with E-state index < -0.39 is 0 Å². The van der Waals surface area contributed by atoms with E-state index >= 15 is 0 Å². The number of carbonyl (C=O) groups excluding carboxylic acids is 1. The van der Waals surface area contributed by atoms with Gasteiger partial charge < -0.3 is 4.98 Å². The molecule has 2 atom stereocenters. The molecule has 1 aliphatic heterocycles. The van der Waals surface area contributed by atoms with Crippen LogP contribution in [-0.4, -0.2) is 23.1 Å². The average Bonchev–Trinajstić information content (AvgIpc) is 3.02. The van der Waals surface area contributed by atoms with E-state index in [1.54, 1.807) is 6.21 Å². The van der Waals surface area contributed by atoms with Crippen molar-refractivity contribution < 1.29 is 4.79 Å². The molecule has 126 valence electrons. The van der Waals surface area contributed by atoms with Gasteiger partial charge in [0.25, 0.3) is 5.91 Å². The Morgan fingerprint density at radius 3 is 2.76 bits per heavy atom. The number of aromatic nitrogens is 1. The number of para-hydroxylation sites is 1. The van der Waals surface area contributed by atoms with Gasteiger partial charge in [-0.3, -0.25) is 10.1 Å². The Bertz CT molecular complexity index is 929. The summed E-state index contributed by atoms with van der Waals surface area (Å²) in [7, 11) is 0. The number of fused-ring (bicyclic) bond motifs is 3. The van der Waals surface area contributed by atoms with Crippen molar-refractivity contribution in [2.75, 3.05) is 0 Å². The molecule has 5 nitrogen and oxygen atoms in total. The summed E-state index contributed by atoms with van der Waals surface area (Å²) in [4.78, 5) is 16.0. The van der Waals surface area contributed by atoms with E-state index in [9.17, 15) is 4.79 Å². The van der Waals surface area contributed by atoms with Crippen LogP contribution >= 0.6 is 0 Å². The summed E-state index contributed by atoms with van der Waals surface area (Å²) in [5, 5.41) is 8.63. The van der Waals surface area contributed by atoms with Gasteiger partial charge in [-0.05, 0) is 30.5 Å². The van der Waals surface area contributed by atoms with E-state index in [0.717, 1.165) is 16.8 Å². The fraction of sp³-hybridized carbons (Fsp3) is 0.200. The van der Waals surface area contributed by atoms with Crippen LogP contribution in [0.15, 0.2) is 59.7 Å². The lowest BCUT2D eigenvalue weighted by Crippen LogP contribution is -2.47. The van der Waals surface area contributed by atoms with Crippen LogP contribution in [0.4, 0.5) is 0 Å². The molecular formula is C20H20N4O. The molecule has 3 aromatic rings. The van der Waals surface area contributed by atoms with Crippen molar-refractivity contribution in [2.24, 2.45) is 5.10 Å². The molecule has 5 heteroatoms. The molecule has 2 heterocycles. The van der Waals surface area contributed by atoms with Crippen molar-refractivity contribution in [1.29, 1.82) is 0 Å². The van der Waals surface area contributed by atoms with E-state index in [1.165, 1.54) is 10.9 Å². The first-order chi connectivity index (χ1) is 12.2. The number of aromatic amines is 1. The number of hydrazone groups is 1. The Morgan fingerprint density at radius 1 is 1.16 bits per heavy atom. The zero-order valence-electron chi connectivity index (χ0n) is 14.0. The molecule has 0 aliphatic carbocycles. The maximum Gasteiger partial charge on any atom is 0.257 e. The van der Waals surface area contributed by atoms with E-state index in [2.05, 4.69) is 39.9 Å². The van der Waals surface area contributed by atoms with Gasteiger partial charge in [-0.2, -0.15) is 5.10 Å². The van der Waals surface area contributed by atoms with Crippen molar-refractivity contribution in [3.8, 4) is 0 Å². The quantitative estimate of drug-likeness (QED) is 0.510. The average molecular weight is 332 g/mol. The molecule has 0 bridgehead atoms. The Labute approximate surface area is 146 Å². The van der Waals surface area contributed by atoms with Crippen molar-refractivity contribution >= 4 is 23.0 Å². The van der Waals surface area contributed by atoms with Gasteiger partial charge in [0.15, 0.2) is 0 Å². The third-order valence-electron chi connectivity index (χ3n) is 4.64. The molecule has 1 amide bonds. The van der Waals surface area contributed by atoms with Crippen LogP contribution in [0, 0.1) is 0 Å². The molecule has 0 radical (unpaired) electrons. The number of H-pyrrole nitrogens is 1. The Balaban J connectivity index is 1.50. The molecular weight excluding hydrogens is 312 g/mol. The zero-order valence-corrected chi connectivity index (χ0v) is 14.0. The van der Waals surface area contributed by atoms with E-state index in [-0.39, 0.29) is 18.0 Å². The minimum atomic E-state index is -0.297. The molecule has 1 unspecified atom stereocenters. The first-order valence-electron chi connectivity index (χ1n) is 8.46. The zero-order chi connectivity index (χ0) is 17.2. The monoisotopic (exact) mass is 332 g/mol. The van der Waals surface area contributed by atoms with Crippen LogP contribution in [0.2, 0.25) is 0 Å². The Hall–Kier alpha value is -2.92. The van der Waals surface area contributed by atoms with Gasteiger partial charge in [0, 0.05) is 22.6 Å². The summed E-state index contributed by atoms with van der Waals surface area (Å²) in [6.45, 7) is 2.07. The number of nitrogens with one attached hydrogen (secondary N) is 3. The summed E-state index contributed by atoms with van der Waals surface area (Å²) in [5.74, 6) is -0.116. The summed E-state index contributed by atoms with van der Waals surface area (Å²) < 4.78 is 0. The molecule has 0 spiro atoms. The lowest BCUT2D eigenvalue weighted by Gasteiger charge is -2.27. The number of rotatable bonds is 3. The standard InChI is InChI=1S/C20H20N4O/c1-13-19-16(15-9-5-6-10-17(15)23-19)11-18(22-13)20(25)24-21-12-14-7-3-2-4-8-14/h2-10,12-13,18,22-23H,11H2,1H3,(H,24,25)/b21-12+/t13-,18?/m0/s1. The summed E-state index contributed by atoms with van der Waals surface area (Å²) in [5.41, 5.74) is 7.10. The van der Waals surface area contributed by atoms with Crippen molar-refractivity contribution in [1.82, 2.24) is 15.7 Å². The summed E-state index contributed by atoms with van der Waals surface area (Å²) in [6, 6.07) is 17.7. The number of amides is 1. The predicted octanol–water partition coefficient (Wildman–Crippen LogP) is 2.89. The minimum Gasteiger partial charge on any atom is -0.357 e. The second kappa shape index (κ2) is 6.53. The first kappa shape index (κ1) is 15.6. The van der Waals surface area contributed by atoms with Gasteiger partial charge in [-0.15, -0.1) is 0 Å². The third kappa shape index (κ3) is 3.06. The molecule has 2 aromatic carbocycles. The fourth-order valence-electron chi connectivity index (χ4n) is 3.41. The molecule has 4 rings (SSSR count). The summed E-state index contributed by atoms with van der Waals surface area (Å²) in [6.07, 6.45) is 2.30. The smallest absolute Gasteiger partial charge is 0.257 e. The highest BCUT2D eigenvalue weighted by atomic mass is 16.2. The van der Waals surface area contributed by atoms with Gasteiger partial charge in [-0.25, -0.2) is 5.43 Å². The maximum atomic E-state index is 12.5. The van der Waals surface area contributed by atoms with Crippen LogP contribution in [0.25, 0.3) is 10.9 Å². The largest absolute Gasteiger partial charge is 0.357 e. The highest BCUT2D eigenvalue weighted by Crippen LogP contribution is 2.31. The van der Waals surface area contributed by atoms with Gasteiger partial charge in [-0.1, -0.05) is 48.5 Å². The number of benzene rings is 2. The van der Waals surface area contributed by atoms with Crippen LogP contribution in [0.1, 0.15) is 29.8 Å². The third-order valence-corrected chi connectivity index (χ3v) is 4.64. The second-order valence-corrected chi connectivity index (χ2v) is 6.35. The van der Waals surface area contributed by atoms with E-state index in [4.69, 9.17) is 0 Å². The van der Waals surface area contributed by atoms with E-state index in [0.29, 0.717) is 6.42 Å².